The summed E-state index contributed by atoms with van der Waals surface area (Å²) in [5.74, 6) is 1.17. The minimum absolute atomic E-state index is 0.189. The SMILES string of the molecule is CCOc1ccccc1NC(=O)c1ccnc(NCCCN(C)C)c1. The van der Waals surface area contributed by atoms with E-state index in [-0.39, 0.29) is 5.91 Å². The second-order valence-electron chi connectivity index (χ2n) is 5.90. The van der Waals surface area contributed by atoms with Crippen LogP contribution in [-0.4, -0.2) is 49.6 Å². The zero-order valence-corrected chi connectivity index (χ0v) is 15.1. The average Bonchev–Trinajstić information content (AvgIpc) is 2.61. The molecule has 0 saturated carbocycles. The molecule has 1 aromatic heterocycles. The number of hydrogen-bond acceptors (Lipinski definition) is 5. The Hall–Kier alpha value is -2.60. The topological polar surface area (TPSA) is 66.5 Å². The number of amides is 1. The highest BCUT2D eigenvalue weighted by atomic mass is 16.5. The van der Waals surface area contributed by atoms with Crippen molar-refractivity contribution in [2.75, 3.05) is 44.4 Å². The van der Waals surface area contributed by atoms with Crippen molar-refractivity contribution in [2.24, 2.45) is 0 Å². The second kappa shape index (κ2) is 9.64. The number of hydrogen-bond donors (Lipinski definition) is 2. The first-order chi connectivity index (χ1) is 12.1. The maximum Gasteiger partial charge on any atom is 0.255 e. The van der Waals surface area contributed by atoms with E-state index >= 15 is 0 Å². The van der Waals surface area contributed by atoms with Gasteiger partial charge in [-0.3, -0.25) is 4.79 Å². The van der Waals surface area contributed by atoms with Gasteiger partial charge in [-0.2, -0.15) is 0 Å². The maximum absolute atomic E-state index is 12.5. The molecule has 0 aliphatic heterocycles. The summed E-state index contributed by atoms with van der Waals surface area (Å²) in [7, 11) is 4.09. The molecule has 0 radical (unpaired) electrons. The van der Waals surface area contributed by atoms with E-state index in [2.05, 4.69) is 20.5 Å². The molecule has 0 spiro atoms. The van der Waals surface area contributed by atoms with Crippen LogP contribution in [0.3, 0.4) is 0 Å². The molecular weight excluding hydrogens is 316 g/mol. The summed E-state index contributed by atoms with van der Waals surface area (Å²) in [5.41, 5.74) is 1.21. The zero-order chi connectivity index (χ0) is 18.1. The summed E-state index contributed by atoms with van der Waals surface area (Å²) in [4.78, 5) is 18.9. The lowest BCUT2D eigenvalue weighted by atomic mass is 10.2. The van der Waals surface area contributed by atoms with Crippen LogP contribution in [0.1, 0.15) is 23.7 Å². The average molecular weight is 342 g/mol. The fourth-order valence-electron chi connectivity index (χ4n) is 2.33. The van der Waals surface area contributed by atoms with Crippen LogP contribution < -0.4 is 15.4 Å². The number of aromatic nitrogens is 1. The number of nitrogens with one attached hydrogen (secondary N) is 2. The molecule has 1 heterocycles. The number of ether oxygens (including phenoxy) is 1. The van der Waals surface area contributed by atoms with E-state index in [1.54, 1.807) is 18.3 Å². The molecule has 0 atom stereocenters. The van der Waals surface area contributed by atoms with E-state index in [4.69, 9.17) is 4.74 Å². The van der Waals surface area contributed by atoms with Crippen LogP contribution in [0.25, 0.3) is 0 Å². The van der Waals surface area contributed by atoms with Gasteiger partial charge < -0.3 is 20.3 Å². The number of carbonyl (C=O) groups is 1. The molecule has 134 valence electrons. The molecule has 25 heavy (non-hydrogen) atoms. The first-order valence-corrected chi connectivity index (χ1v) is 8.48. The Bertz CT molecular complexity index is 689. The van der Waals surface area contributed by atoms with Gasteiger partial charge in [0.15, 0.2) is 0 Å². The van der Waals surface area contributed by atoms with Gasteiger partial charge in [0.1, 0.15) is 11.6 Å². The van der Waals surface area contributed by atoms with Crippen molar-refractivity contribution >= 4 is 17.4 Å². The monoisotopic (exact) mass is 342 g/mol. The molecule has 0 aliphatic carbocycles. The molecule has 0 bridgehead atoms. The van der Waals surface area contributed by atoms with Gasteiger partial charge in [-0.05, 0) is 58.3 Å². The Morgan fingerprint density at radius 3 is 2.80 bits per heavy atom. The molecule has 2 N–H and O–H groups in total. The normalized spacial score (nSPS) is 10.6. The summed E-state index contributed by atoms with van der Waals surface area (Å²) < 4.78 is 5.54. The lowest BCUT2D eigenvalue weighted by Gasteiger charge is -2.12. The minimum Gasteiger partial charge on any atom is -0.492 e. The lowest BCUT2D eigenvalue weighted by molar-refractivity contribution is 0.102. The number of anilines is 2. The summed E-state index contributed by atoms with van der Waals surface area (Å²) >= 11 is 0. The van der Waals surface area contributed by atoms with Gasteiger partial charge in [-0.25, -0.2) is 4.98 Å². The van der Waals surface area contributed by atoms with Gasteiger partial charge in [0, 0.05) is 18.3 Å². The number of rotatable bonds is 9. The quantitative estimate of drug-likeness (QED) is 0.686. The number of nitrogens with zero attached hydrogens (tertiary/aromatic N) is 2. The Labute approximate surface area is 149 Å². The van der Waals surface area contributed by atoms with Gasteiger partial charge in [-0.1, -0.05) is 12.1 Å². The Morgan fingerprint density at radius 2 is 2.04 bits per heavy atom. The van der Waals surface area contributed by atoms with E-state index in [1.165, 1.54) is 0 Å². The van der Waals surface area contributed by atoms with E-state index < -0.39 is 0 Å². The van der Waals surface area contributed by atoms with Crippen LogP contribution in [0.4, 0.5) is 11.5 Å². The summed E-state index contributed by atoms with van der Waals surface area (Å²) in [6.45, 7) is 4.27. The van der Waals surface area contributed by atoms with Crippen molar-refractivity contribution in [1.29, 1.82) is 0 Å². The van der Waals surface area contributed by atoms with Crippen molar-refractivity contribution in [3.05, 3.63) is 48.2 Å². The Balaban J connectivity index is 1.99. The highest BCUT2D eigenvalue weighted by Crippen LogP contribution is 2.24. The van der Waals surface area contributed by atoms with E-state index in [0.717, 1.165) is 19.5 Å². The van der Waals surface area contributed by atoms with Crippen molar-refractivity contribution in [1.82, 2.24) is 9.88 Å². The first-order valence-electron chi connectivity index (χ1n) is 8.48. The standard InChI is InChI=1S/C19H26N4O2/c1-4-25-17-9-6-5-8-16(17)22-19(24)15-10-12-21-18(14-15)20-11-7-13-23(2)3/h5-6,8-10,12,14H,4,7,11,13H2,1-3H3,(H,20,21)(H,22,24). The fourth-order valence-corrected chi connectivity index (χ4v) is 2.33. The van der Waals surface area contributed by atoms with Crippen LogP contribution in [-0.2, 0) is 0 Å². The van der Waals surface area contributed by atoms with E-state index in [0.29, 0.717) is 29.4 Å². The van der Waals surface area contributed by atoms with E-state index in [1.807, 2.05) is 45.3 Å². The summed E-state index contributed by atoms with van der Waals surface area (Å²) in [6, 6.07) is 10.9. The molecule has 0 fully saturated rings. The largest absolute Gasteiger partial charge is 0.492 e. The van der Waals surface area contributed by atoms with Crippen LogP contribution >= 0.6 is 0 Å². The lowest BCUT2D eigenvalue weighted by Crippen LogP contribution is -2.17. The highest BCUT2D eigenvalue weighted by molar-refractivity contribution is 6.05. The number of para-hydroxylation sites is 2. The van der Waals surface area contributed by atoms with Gasteiger partial charge in [0.2, 0.25) is 0 Å². The maximum atomic E-state index is 12.5. The number of carbonyl (C=O) groups excluding carboxylic acids is 1. The first kappa shape index (κ1) is 18.7. The van der Waals surface area contributed by atoms with Gasteiger partial charge in [-0.15, -0.1) is 0 Å². The van der Waals surface area contributed by atoms with Gasteiger partial charge in [0.05, 0.1) is 12.3 Å². The molecule has 0 aliphatic rings. The van der Waals surface area contributed by atoms with Gasteiger partial charge >= 0.3 is 0 Å². The fraction of sp³-hybridized carbons (Fsp3) is 0.368. The molecule has 2 rings (SSSR count). The van der Waals surface area contributed by atoms with E-state index in [9.17, 15) is 4.79 Å². The summed E-state index contributed by atoms with van der Waals surface area (Å²) in [6.07, 6.45) is 2.64. The third-order valence-electron chi connectivity index (χ3n) is 3.55. The molecular formula is C19H26N4O2. The number of benzene rings is 1. The van der Waals surface area contributed by atoms with Crippen LogP contribution in [0.5, 0.6) is 5.75 Å². The third kappa shape index (κ3) is 6.08. The molecule has 0 saturated heterocycles. The molecule has 2 aromatic rings. The molecule has 1 aromatic carbocycles. The highest BCUT2D eigenvalue weighted by Gasteiger charge is 2.10. The van der Waals surface area contributed by atoms with Gasteiger partial charge in [0.25, 0.3) is 5.91 Å². The smallest absolute Gasteiger partial charge is 0.255 e. The second-order valence-corrected chi connectivity index (χ2v) is 5.90. The van der Waals surface area contributed by atoms with Crippen LogP contribution in [0.2, 0.25) is 0 Å². The predicted molar refractivity (Wildman–Crippen MR) is 101 cm³/mol. The zero-order valence-electron chi connectivity index (χ0n) is 15.1. The van der Waals surface area contributed by atoms with Crippen molar-refractivity contribution in [3.63, 3.8) is 0 Å². The number of pyridine rings is 1. The third-order valence-corrected chi connectivity index (χ3v) is 3.55. The Morgan fingerprint density at radius 1 is 1.24 bits per heavy atom. The molecule has 0 unspecified atom stereocenters. The minimum atomic E-state index is -0.189. The van der Waals surface area contributed by atoms with Crippen molar-refractivity contribution < 1.29 is 9.53 Å². The summed E-state index contributed by atoms with van der Waals surface area (Å²) in [5, 5.41) is 6.14. The van der Waals surface area contributed by atoms with Crippen LogP contribution in [0.15, 0.2) is 42.6 Å². The predicted octanol–water partition coefficient (Wildman–Crippen LogP) is 3.10. The molecule has 1 amide bonds. The Kier molecular flexibility index (Phi) is 7.22. The van der Waals surface area contributed by atoms with Crippen molar-refractivity contribution in [2.45, 2.75) is 13.3 Å². The molecule has 6 nitrogen and oxygen atoms in total. The molecule has 6 heteroatoms. The van der Waals surface area contributed by atoms with Crippen LogP contribution in [0, 0.1) is 0 Å². The van der Waals surface area contributed by atoms with Crippen molar-refractivity contribution in [3.8, 4) is 5.75 Å².